The van der Waals surface area contributed by atoms with Gasteiger partial charge in [0.05, 0.1) is 0 Å². The first-order valence-corrected chi connectivity index (χ1v) is 8.85. The van der Waals surface area contributed by atoms with Crippen molar-refractivity contribution in [2.24, 2.45) is 0 Å². The number of H-pyrrole nitrogens is 1. The van der Waals surface area contributed by atoms with Crippen LogP contribution in [0.2, 0.25) is 0 Å². The van der Waals surface area contributed by atoms with Gasteiger partial charge in [0.1, 0.15) is 11.6 Å². The minimum atomic E-state index is -0.317. The first kappa shape index (κ1) is 18.8. The summed E-state index contributed by atoms with van der Waals surface area (Å²) in [5.74, 6) is 0.248. The van der Waals surface area contributed by atoms with E-state index in [2.05, 4.69) is 20.2 Å². The van der Waals surface area contributed by atoms with Crippen LogP contribution in [0.25, 0.3) is 0 Å². The Hall–Kier alpha value is -2.94. The van der Waals surface area contributed by atoms with Crippen LogP contribution >= 0.6 is 0 Å². The number of amides is 1. The third-order valence-electron chi connectivity index (χ3n) is 4.53. The maximum absolute atomic E-state index is 13.5. The van der Waals surface area contributed by atoms with Crippen molar-refractivity contribution in [3.63, 3.8) is 0 Å². The summed E-state index contributed by atoms with van der Waals surface area (Å²) in [6.45, 7) is 3.74. The molecule has 1 saturated heterocycles. The predicted octanol–water partition coefficient (Wildman–Crippen LogP) is 0.320. The maximum atomic E-state index is 13.5. The Labute approximate surface area is 156 Å². The monoisotopic (exact) mass is 374 g/mol. The van der Waals surface area contributed by atoms with E-state index in [1.54, 1.807) is 18.2 Å². The highest BCUT2D eigenvalue weighted by Crippen LogP contribution is 2.12. The Balaban J connectivity index is 1.41. The van der Waals surface area contributed by atoms with Gasteiger partial charge in [-0.15, -0.1) is 0 Å². The molecule has 8 nitrogen and oxygen atoms in total. The molecule has 4 N–H and O–H groups in total. The molecule has 1 fully saturated rings. The molecule has 1 aliphatic heterocycles. The first-order valence-electron chi connectivity index (χ1n) is 8.85. The molecule has 2 aromatic rings. The summed E-state index contributed by atoms with van der Waals surface area (Å²) in [4.78, 5) is 34.3. The summed E-state index contributed by atoms with van der Waals surface area (Å²) in [7, 11) is 0. The maximum Gasteiger partial charge on any atom is 0.254 e. The molecule has 1 amide bonds. The first-order chi connectivity index (χ1) is 13.0. The average molecular weight is 374 g/mol. The van der Waals surface area contributed by atoms with Crippen molar-refractivity contribution in [1.82, 2.24) is 20.2 Å². The predicted molar refractivity (Wildman–Crippen MR) is 101 cm³/mol. The van der Waals surface area contributed by atoms with Gasteiger partial charge in [-0.3, -0.25) is 19.5 Å². The number of aromatic nitrogens is 2. The smallest absolute Gasteiger partial charge is 0.254 e. The fraction of sp³-hybridized carbons (Fsp3) is 0.389. The lowest BCUT2D eigenvalue weighted by atomic mass is 10.2. The fourth-order valence-electron chi connectivity index (χ4n) is 3.01. The van der Waals surface area contributed by atoms with Gasteiger partial charge in [-0.2, -0.15) is 4.98 Å². The second-order valence-electron chi connectivity index (χ2n) is 6.44. The van der Waals surface area contributed by atoms with Crippen LogP contribution in [0.5, 0.6) is 0 Å². The van der Waals surface area contributed by atoms with E-state index in [4.69, 9.17) is 5.73 Å². The molecule has 0 atom stereocenters. The second-order valence-corrected chi connectivity index (χ2v) is 6.44. The number of hydrogen-bond donors (Lipinski definition) is 3. The lowest BCUT2D eigenvalue weighted by Gasteiger charge is -2.35. The standard InChI is InChI=1S/C18H23FN6O2/c19-14-4-2-1-3-13(14)12-21-16(26)5-6-24-7-9-25(10-8-24)15-11-17(27)23-18(20)22-15/h1-4,11H,5-10,12H2,(H,21,26)(H3,20,22,23,27). The molecule has 0 radical (unpaired) electrons. The van der Waals surface area contributed by atoms with Crippen molar-refractivity contribution in [3.8, 4) is 0 Å². The number of benzene rings is 1. The average Bonchev–Trinajstić information content (AvgIpc) is 2.65. The molecule has 1 aromatic heterocycles. The number of halogens is 1. The van der Waals surface area contributed by atoms with Gasteiger partial charge in [0.25, 0.3) is 5.56 Å². The lowest BCUT2D eigenvalue weighted by molar-refractivity contribution is -0.121. The molecule has 0 spiro atoms. The quantitative estimate of drug-likeness (QED) is 0.672. The zero-order chi connectivity index (χ0) is 19.2. The molecule has 144 valence electrons. The van der Waals surface area contributed by atoms with Crippen molar-refractivity contribution in [2.45, 2.75) is 13.0 Å². The summed E-state index contributed by atoms with van der Waals surface area (Å²) in [6, 6.07) is 7.83. The van der Waals surface area contributed by atoms with Crippen LogP contribution < -0.4 is 21.5 Å². The number of nitrogens with one attached hydrogen (secondary N) is 2. The summed E-state index contributed by atoms with van der Waals surface area (Å²) >= 11 is 0. The molecule has 9 heteroatoms. The highest BCUT2D eigenvalue weighted by Gasteiger charge is 2.19. The van der Waals surface area contributed by atoms with Crippen LogP contribution in [0.1, 0.15) is 12.0 Å². The Morgan fingerprint density at radius 1 is 1.26 bits per heavy atom. The van der Waals surface area contributed by atoms with Gasteiger partial charge < -0.3 is 16.0 Å². The molecule has 3 rings (SSSR count). The highest BCUT2D eigenvalue weighted by atomic mass is 19.1. The summed E-state index contributed by atoms with van der Waals surface area (Å²) < 4.78 is 13.5. The summed E-state index contributed by atoms with van der Waals surface area (Å²) in [6.07, 6.45) is 0.352. The van der Waals surface area contributed by atoms with E-state index in [9.17, 15) is 14.0 Å². The summed E-state index contributed by atoms with van der Waals surface area (Å²) in [5.41, 5.74) is 5.79. The van der Waals surface area contributed by atoms with Gasteiger partial charge in [0.2, 0.25) is 11.9 Å². The molecular weight excluding hydrogens is 351 g/mol. The van der Waals surface area contributed by atoms with Crippen LogP contribution in [0, 0.1) is 5.82 Å². The third-order valence-corrected chi connectivity index (χ3v) is 4.53. The Bertz CT molecular complexity index is 848. The summed E-state index contributed by atoms with van der Waals surface area (Å²) in [5, 5.41) is 2.75. The highest BCUT2D eigenvalue weighted by molar-refractivity contribution is 5.76. The van der Waals surface area contributed by atoms with Crippen LogP contribution in [-0.4, -0.2) is 53.5 Å². The van der Waals surface area contributed by atoms with Crippen LogP contribution in [-0.2, 0) is 11.3 Å². The number of carbonyl (C=O) groups is 1. The number of carbonyl (C=O) groups excluding carboxylic acids is 1. The van der Waals surface area contributed by atoms with Gasteiger partial charge in [0, 0.05) is 57.3 Å². The van der Waals surface area contributed by atoms with Crippen molar-refractivity contribution in [2.75, 3.05) is 43.4 Å². The van der Waals surface area contributed by atoms with Crippen molar-refractivity contribution < 1.29 is 9.18 Å². The normalized spacial score (nSPS) is 14.9. The van der Waals surface area contributed by atoms with Gasteiger partial charge in [0.15, 0.2) is 0 Å². The SMILES string of the molecule is Nc1nc(N2CCN(CCC(=O)NCc3ccccc3F)CC2)cc(=O)[nH]1. The fourth-order valence-corrected chi connectivity index (χ4v) is 3.01. The molecule has 1 aliphatic rings. The van der Waals surface area contributed by atoms with Gasteiger partial charge in [-0.05, 0) is 6.07 Å². The number of nitrogens with two attached hydrogens (primary N) is 1. The Morgan fingerprint density at radius 3 is 2.70 bits per heavy atom. The minimum Gasteiger partial charge on any atom is -0.369 e. The number of rotatable bonds is 6. The van der Waals surface area contributed by atoms with E-state index >= 15 is 0 Å². The Kier molecular flexibility index (Phi) is 6.02. The molecule has 0 aliphatic carbocycles. The van der Waals surface area contributed by atoms with Crippen molar-refractivity contribution in [1.29, 1.82) is 0 Å². The van der Waals surface area contributed by atoms with E-state index in [1.807, 2.05) is 4.90 Å². The van der Waals surface area contributed by atoms with Crippen LogP contribution in [0.15, 0.2) is 35.1 Å². The number of aromatic amines is 1. The number of nitrogens with zero attached hydrogens (tertiary/aromatic N) is 3. The largest absolute Gasteiger partial charge is 0.369 e. The zero-order valence-electron chi connectivity index (χ0n) is 14.9. The van der Waals surface area contributed by atoms with E-state index in [0.29, 0.717) is 37.4 Å². The number of nitrogen functional groups attached to an aromatic ring is 1. The molecule has 2 heterocycles. The van der Waals surface area contributed by atoms with E-state index < -0.39 is 0 Å². The molecule has 0 bridgehead atoms. The molecule has 1 aromatic carbocycles. The van der Waals surface area contributed by atoms with Gasteiger partial charge in [-0.25, -0.2) is 4.39 Å². The van der Waals surface area contributed by atoms with Gasteiger partial charge >= 0.3 is 0 Å². The molecular formula is C18H23FN6O2. The van der Waals surface area contributed by atoms with Crippen molar-refractivity contribution >= 4 is 17.7 Å². The van der Waals surface area contributed by atoms with E-state index in [1.165, 1.54) is 12.1 Å². The molecule has 27 heavy (non-hydrogen) atoms. The molecule has 0 unspecified atom stereocenters. The van der Waals surface area contributed by atoms with Crippen LogP contribution in [0.3, 0.4) is 0 Å². The van der Waals surface area contributed by atoms with Crippen LogP contribution in [0.4, 0.5) is 16.2 Å². The number of anilines is 2. The van der Waals surface area contributed by atoms with E-state index in [0.717, 1.165) is 13.1 Å². The Morgan fingerprint density at radius 2 is 2.00 bits per heavy atom. The number of piperazine rings is 1. The van der Waals surface area contributed by atoms with E-state index in [-0.39, 0.29) is 29.8 Å². The lowest BCUT2D eigenvalue weighted by Crippen LogP contribution is -2.47. The number of hydrogen-bond acceptors (Lipinski definition) is 6. The third kappa shape index (κ3) is 5.27. The zero-order valence-corrected chi connectivity index (χ0v) is 14.9. The second kappa shape index (κ2) is 8.63. The van der Waals surface area contributed by atoms with Gasteiger partial charge in [-0.1, -0.05) is 18.2 Å². The topological polar surface area (TPSA) is 107 Å². The minimum absolute atomic E-state index is 0.103. The van der Waals surface area contributed by atoms with Crippen molar-refractivity contribution in [3.05, 3.63) is 52.1 Å². The molecule has 0 saturated carbocycles.